The van der Waals surface area contributed by atoms with E-state index in [1.807, 2.05) is 6.92 Å². The smallest absolute Gasteiger partial charge is 0.338 e. The van der Waals surface area contributed by atoms with Crippen molar-refractivity contribution in [3.8, 4) is 0 Å². The lowest BCUT2D eigenvalue weighted by Crippen LogP contribution is -2.35. The topological polar surface area (TPSA) is 102 Å². The Morgan fingerprint density at radius 3 is 2.60 bits per heavy atom. The predicted octanol–water partition coefficient (Wildman–Crippen LogP) is 2.30. The lowest BCUT2D eigenvalue weighted by atomic mass is 10.1. The number of sulfonamides is 1. The molecule has 7 nitrogen and oxygen atoms in total. The SMILES string of the molecule is CCCCCC(C)NC(=O)COC(=O)c1cccc(NS(C)(=O)=O)c1. The van der Waals surface area contributed by atoms with Crippen LogP contribution in [-0.4, -0.2) is 39.2 Å². The Balaban J connectivity index is 2.48. The standard InChI is InChI=1S/C17H26N2O5S/c1-4-5-6-8-13(2)18-16(20)12-24-17(21)14-9-7-10-15(11-14)19-25(3,22)23/h7,9-11,13,19H,4-6,8,12H2,1-3H3,(H,18,20). The molecular weight excluding hydrogens is 344 g/mol. The molecule has 1 rings (SSSR count). The second kappa shape index (κ2) is 10.0. The van der Waals surface area contributed by atoms with Gasteiger partial charge in [-0.15, -0.1) is 0 Å². The number of benzene rings is 1. The molecule has 0 fully saturated rings. The van der Waals surface area contributed by atoms with Gasteiger partial charge in [-0.2, -0.15) is 0 Å². The van der Waals surface area contributed by atoms with Crippen LogP contribution in [0.15, 0.2) is 24.3 Å². The van der Waals surface area contributed by atoms with Crippen LogP contribution in [0.3, 0.4) is 0 Å². The van der Waals surface area contributed by atoms with Gasteiger partial charge in [0.15, 0.2) is 6.61 Å². The van der Waals surface area contributed by atoms with Crippen LogP contribution in [0.4, 0.5) is 5.69 Å². The Morgan fingerprint density at radius 1 is 1.24 bits per heavy atom. The molecule has 1 aromatic carbocycles. The fourth-order valence-corrected chi connectivity index (χ4v) is 2.78. The summed E-state index contributed by atoms with van der Waals surface area (Å²) in [5.74, 6) is -1.05. The zero-order valence-corrected chi connectivity index (χ0v) is 15.7. The Kier molecular flexibility index (Phi) is 8.40. The van der Waals surface area contributed by atoms with Gasteiger partial charge in [0.25, 0.3) is 5.91 Å². The van der Waals surface area contributed by atoms with Crippen molar-refractivity contribution in [2.24, 2.45) is 0 Å². The van der Waals surface area contributed by atoms with Gasteiger partial charge < -0.3 is 10.1 Å². The first-order chi connectivity index (χ1) is 11.7. The number of esters is 1. The van der Waals surface area contributed by atoms with Gasteiger partial charge in [-0.25, -0.2) is 13.2 Å². The minimum atomic E-state index is -3.43. The van der Waals surface area contributed by atoms with Crippen LogP contribution in [0.25, 0.3) is 0 Å². The van der Waals surface area contributed by atoms with Crippen molar-refractivity contribution in [1.29, 1.82) is 0 Å². The van der Waals surface area contributed by atoms with E-state index in [2.05, 4.69) is 17.0 Å². The molecule has 0 aliphatic rings. The second-order valence-electron chi connectivity index (χ2n) is 6.00. The zero-order valence-electron chi connectivity index (χ0n) is 14.9. The van der Waals surface area contributed by atoms with E-state index < -0.39 is 16.0 Å². The van der Waals surface area contributed by atoms with Crippen molar-refractivity contribution < 1.29 is 22.7 Å². The predicted molar refractivity (Wildman–Crippen MR) is 96.9 cm³/mol. The summed E-state index contributed by atoms with van der Waals surface area (Å²) >= 11 is 0. The van der Waals surface area contributed by atoms with Crippen LogP contribution in [0, 0.1) is 0 Å². The summed E-state index contributed by atoms with van der Waals surface area (Å²) in [5, 5.41) is 2.78. The Morgan fingerprint density at radius 2 is 1.96 bits per heavy atom. The van der Waals surface area contributed by atoms with Crippen LogP contribution in [-0.2, 0) is 19.6 Å². The summed E-state index contributed by atoms with van der Waals surface area (Å²) in [7, 11) is -3.43. The molecule has 1 aromatic rings. The van der Waals surface area contributed by atoms with E-state index >= 15 is 0 Å². The first-order valence-electron chi connectivity index (χ1n) is 8.25. The van der Waals surface area contributed by atoms with Crippen LogP contribution in [0.5, 0.6) is 0 Å². The first-order valence-corrected chi connectivity index (χ1v) is 10.1. The summed E-state index contributed by atoms with van der Waals surface area (Å²) < 4.78 is 29.7. The monoisotopic (exact) mass is 370 g/mol. The first kappa shape index (κ1) is 21.0. The van der Waals surface area contributed by atoms with Crippen LogP contribution in [0.2, 0.25) is 0 Å². The highest BCUT2D eigenvalue weighted by Gasteiger charge is 2.13. The highest BCUT2D eigenvalue weighted by molar-refractivity contribution is 7.92. The van der Waals surface area contributed by atoms with E-state index in [-0.39, 0.29) is 29.8 Å². The molecule has 1 unspecified atom stereocenters. The summed E-state index contributed by atoms with van der Waals surface area (Å²) in [6.07, 6.45) is 5.17. The molecule has 1 amide bonds. The van der Waals surface area contributed by atoms with Crippen molar-refractivity contribution in [2.45, 2.75) is 45.6 Å². The molecule has 0 radical (unpaired) electrons. The molecule has 25 heavy (non-hydrogen) atoms. The molecule has 0 spiro atoms. The summed E-state index contributed by atoms with van der Waals surface area (Å²) in [5.41, 5.74) is 0.420. The van der Waals surface area contributed by atoms with Crippen molar-refractivity contribution in [3.05, 3.63) is 29.8 Å². The third kappa shape index (κ3) is 9.09. The average Bonchev–Trinajstić information content (AvgIpc) is 2.51. The Hall–Kier alpha value is -2.09. The third-order valence-corrected chi connectivity index (χ3v) is 3.99. The average molecular weight is 370 g/mol. The normalized spacial score (nSPS) is 12.3. The van der Waals surface area contributed by atoms with Crippen LogP contribution < -0.4 is 10.0 Å². The van der Waals surface area contributed by atoms with E-state index in [4.69, 9.17) is 4.74 Å². The summed E-state index contributed by atoms with van der Waals surface area (Å²) in [6.45, 7) is 3.65. The van der Waals surface area contributed by atoms with E-state index in [0.717, 1.165) is 31.9 Å². The van der Waals surface area contributed by atoms with Crippen molar-refractivity contribution in [1.82, 2.24) is 5.32 Å². The van der Waals surface area contributed by atoms with Gasteiger partial charge in [0.1, 0.15) is 0 Å². The molecule has 8 heteroatoms. The number of rotatable bonds is 10. The highest BCUT2D eigenvalue weighted by Crippen LogP contribution is 2.13. The number of ether oxygens (including phenoxy) is 1. The lowest BCUT2D eigenvalue weighted by Gasteiger charge is -2.13. The molecule has 0 saturated heterocycles. The fraction of sp³-hybridized carbons (Fsp3) is 0.529. The Labute approximate surface area is 149 Å². The van der Waals surface area contributed by atoms with Crippen LogP contribution in [0.1, 0.15) is 49.9 Å². The largest absolute Gasteiger partial charge is 0.452 e. The number of carbonyl (C=O) groups is 2. The quantitative estimate of drug-likeness (QED) is 0.486. The maximum Gasteiger partial charge on any atom is 0.338 e. The van der Waals surface area contributed by atoms with E-state index in [1.165, 1.54) is 24.3 Å². The molecule has 0 aliphatic heterocycles. The number of hydrogen-bond donors (Lipinski definition) is 2. The molecule has 0 aromatic heterocycles. The second-order valence-corrected chi connectivity index (χ2v) is 7.74. The van der Waals surface area contributed by atoms with E-state index in [1.54, 1.807) is 0 Å². The maximum absolute atomic E-state index is 12.0. The van der Waals surface area contributed by atoms with Crippen molar-refractivity contribution >= 4 is 27.6 Å². The molecule has 140 valence electrons. The van der Waals surface area contributed by atoms with Gasteiger partial charge >= 0.3 is 5.97 Å². The minimum absolute atomic E-state index is 0.0278. The fourth-order valence-electron chi connectivity index (χ4n) is 2.23. The van der Waals surface area contributed by atoms with Gasteiger partial charge in [-0.05, 0) is 31.5 Å². The van der Waals surface area contributed by atoms with Gasteiger partial charge in [-0.3, -0.25) is 9.52 Å². The van der Waals surface area contributed by atoms with Gasteiger partial charge in [0, 0.05) is 11.7 Å². The Bertz CT molecular complexity index is 688. The number of unbranched alkanes of at least 4 members (excludes halogenated alkanes) is 2. The van der Waals surface area contributed by atoms with Crippen molar-refractivity contribution in [3.63, 3.8) is 0 Å². The molecule has 0 aliphatic carbocycles. The van der Waals surface area contributed by atoms with Gasteiger partial charge in [-0.1, -0.05) is 32.3 Å². The zero-order chi connectivity index (χ0) is 18.9. The number of nitrogens with one attached hydrogen (secondary N) is 2. The lowest BCUT2D eigenvalue weighted by molar-refractivity contribution is -0.124. The molecule has 2 N–H and O–H groups in total. The van der Waals surface area contributed by atoms with E-state index in [0.29, 0.717) is 0 Å². The maximum atomic E-state index is 12.0. The third-order valence-electron chi connectivity index (χ3n) is 3.38. The number of amides is 1. The van der Waals surface area contributed by atoms with Gasteiger partial charge in [0.2, 0.25) is 10.0 Å². The summed E-state index contributed by atoms with van der Waals surface area (Å²) in [4.78, 5) is 23.8. The number of hydrogen-bond acceptors (Lipinski definition) is 5. The van der Waals surface area contributed by atoms with Crippen molar-refractivity contribution in [2.75, 3.05) is 17.6 Å². The number of carbonyl (C=O) groups excluding carboxylic acids is 2. The van der Waals surface area contributed by atoms with Crippen LogP contribution >= 0.6 is 0 Å². The van der Waals surface area contributed by atoms with Gasteiger partial charge in [0.05, 0.1) is 11.8 Å². The number of anilines is 1. The molecule has 1 atom stereocenters. The van der Waals surface area contributed by atoms with E-state index in [9.17, 15) is 18.0 Å². The molecule has 0 saturated carbocycles. The minimum Gasteiger partial charge on any atom is -0.452 e. The molecule has 0 heterocycles. The highest BCUT2D eigenvalue weighted by atomic mass is 32.2. The molecule has 0 bridgehead atoms. The summed E-state index contributed by atoms with van der Waals surface area (Å²) in [6, 6.07) is 5.91. The molecular formula is C17H26N2O5S.